The molecule has 0 radical (unpaired) electrons. The minimum atomic E-state index is 0. The number of hydrogen-bond donors (Lipinski definition) is 1. The molecule has 1 aliphatic heterocycles. The number of rotatable bonds is 6. The van der Waals surface area contributed by atoms with Crippen molar-refractivity contribution in [2.75, 3.05) is 26.2 Å². The van der Waals surface area contributed by atoms with Crippen molar-refractivity contribution < 1.29 is 0 Å². The largest absolute Gasteiger partial charge is 0.314 e. The van der Waals surface area contributed by atoms with Crippen LogP contribution >= 0.6 is 24.8 Å². The van der Waals surface area contributed by atoms with Crippen molar-refractivity contribution in [2.24, 2.45) is 0 Å². The normalized spacial score (nSPS) is 16.7. The van der Waals surface area contributed by atoms with Crippen molar-refractivity contribution in [1.82, 2.24) is 10.2 Å². The molecule has 0 unspecified atom stereocenters. The highest BCUT2D eigenvalue weighted by Gasteiger charge is 2.21. The zero-order chi connectivity index (χ0) is 14.4. The van der Waals surface area contributed by atoms with Crippen LogP contribution in [0.3, 0.4) is 0 Å². The van der Waals surface area contributed by atoms with Crippen LogP contribution in [0.15, 0.2) is 24.3 Å². The molecule has 1 saturated heterocycles. The Labute approximate surface area is 148 Å². The summed E-state index contributed by atoms with van der Waals surface area (Å²) in [7, 11) is 0. The maximum Gasteiger partial charge on any atom is 0.0349 e. The Morgan fingerprint density at radius 3 is 2.05 bits per heavy atom. The molecule has 0 aromatic heterocycles. The van der Waals surface area contributed by atoms with E-state index in [2.05, 4.69) is 55.3 Å². The third kappa shape index (κ3) is 6.08. The highest BCUT2D eigenvalue weighted by molar-refractivity contribution is 5.85. The van der Waals surface area contributed by atoms with Crippen LogP contribution in [0, 0.1) is 0 Å². The van der Waals surface area contributed by atoms with Gasteiger partial charge in [-0.3, -0.25) is 4.90 Å². The zero-order valence-electron chi connectivity index (χ0n) is 14.2. The average Bonchev–Trinajstić information content (AvgIpc) is 2.49. The van der Waals surface area contributed by atoms with Crippen molar-refractivity contribution in [3.05, 3.63) is 35.4 Å². The second-order valence-corrected chi connectivity index (χ2v) is 6.27. The molecule has 0 aliphatic carbocycles. The van der Waals surface area contributed by atoms with Gasteiger partial charge >= 0.3 is 0 Å². The summed E-state index contributed by atoms with van der Waals surface area (Å²) < 4.78 is 0. The Hall–Kier alpha value is -0.280. The van der Waals surface area contributed by atoms with E-state index >= 15 is 0 Å². The van der Waals surface area contributed by atoms with Gasteiger partial charge in [0.1, 0.15) is 0 Å². The van der Waals surface area contributed by atoms with Crippen LogP contribution in [0.1, 0.15) is 63.1 Å². The van der Waals surface area contributed by atoms with Crippen LogP contribution < -0.4 is 5.32 Å². The third-order valence-electron chi connectivity index (χ3n) is 4.41. The summed E-state index contributed by atoms with van der Waals surface area (Å²) in [6.45, 7) is 11.4. The summed E-state index contributed by atoms with van der Waals surface area (Å²) >= 11 is 0. The Morgan fingerprint density at radius 2 is 1.55 bits per heavy atom. The fraction of sp³-hybridized carbons (Fsp3) is 0.667. The van der Waals surface area contributed by atoms with E-state index in [0.717, 1.165) is 13.1 Å². The molecule has 1 aromatic carbocycles. The SMILES string of the molecule is CCCC[C@@H](c1ccc(C(C)C)cc1)N1CCNCC1.Cl.Cl. The summed E-state index contributed by atoms with van der Waals surface area (Å²) in [6, 6.07) is 9.97. The molecule has 1 aromatic rings. The summed E-state index contributed by atoms with van der Waals surface area (Å²) in [5.74, 6) is 0.623. The zero-order valence-corrected chi connectivity index (χ0v) is 15.8. The maximum atomic E-state index is 3.46. The molecule has 1 N–H and O–H groups in total. The fourth-order valence-corrected chi connectivity index (χ4v) is 3.05. The van der Waals surface area contributed by atoms with Gasteiger partial charge in [-0.1, -0.05) is 57.9 Å². The number of hydrogen-bond acceptors (Lipinski definition) is 2. The monoisotopic (exact) mass is 346 g/mol. The molecule has 1 fully saturated rings. The van der Waals surface area contributed by atoms with Gasteiger partial charge in [0.25, 0.3) is 0 Å². The lowest BCUT2D eigenvalue weighted by Gasteiger charge is -2.35. The van der Waals surface area contributed by atoms with Gasteiger partial charge in [0, 0.05) is 32.2 Å². The van der Waals surface area contributed by atoms with Crippen molar-refractivity contribution in [1.29, 1.82) is 0 Å². The summed E-state index contributed by atoms with van der Waals surface area (Å²) in [5, 5.41) is 3.46. The molecule has 1 atom stereocenters. The topological polar surface area (TPSA) is 15.3 Å². The van der Waals surface area contributed by atoms with Crippen LogP contribution in [0.2, 0.25) is 0 Å². The standard InChI is InChI=1S/C18H30N2.2ClH/c1-4-5-6-18(20-13-11-19-12-14-20)17-9-7-16(8-10-17)15(2)3;;/h7-10,15,18-19H,4-6,11-14H2,1-3H3;2*1H/t18-;;/m0../s1. The predicted molar refractivity (Wildman–Crippen MR) is 102 cm³/mol. The molecule has 128 valence electrons. The summed E-state index contributed by atoms with van der Waals surface area (Å²) in [6.07, 6.45) is 3.89. The first-order chi connectivity index (χ1) is 9.72. The lowest BCUT2D eigenvalue weighted by Crippen LogP contribution is -2.45. The Kier molecular flexibility index (Phi) is 11.1. The smallest absolute Gasteiger partial charge is 0.0349 e. The number of piperazine rings is 1. The van der Waals surface area contributed by atoms with Crippen LogP contribution in [-0.4, -0.2) is 31.1 Å². The number of halogens is 2. The number of unbranched alkanes of at least 4 members (excludes halogenated alkanes) is 1. The molecule has 0 saturated carbocycles. The quantitative estimate of drug-likeness (QED) is 0.796. The molecular formula is C18H32Cl2N2. The van der Waals surface area contributed by atoms with Crippen molar-refractivity contribution >= 4 is 24.8 Å². The van der Waals surface area contributed by atoms with Gasteiger partial charge in [0.15, 0.2) is 0 Å². The van der Waals surface area contributed by atoms with Crippen molar-refractivity contribution in [3.8, 4) is 0 Å². The predicted octanol–water partition coefficient (Wildman–Crippen LogP) is 4.79. The summed E-state index contributed by atoms with van der Waals surface area (Å²) in [5.41, 5.74) is 2.95. The van der Waals surface area contributed by atoms with Gasteiger partial charge in [-0.25, -0.2) is 0 Å². The van der Waals surface area contributed by atoms with Gasteiger partial charge in [-0.05, 0) is 23.5 Å². The minimum Gasteiger partial charge on any atom is -0.314 e. The molecule has 1 heterocycles. The number of nitrogens with one attached hydrogen (secondary N) is 1. The van der Waals surface area contributed by atoms with Crippen LogP contribution in [0.5, 0.6) is 0 Å². The first-order valence-corrected chi connectivity index (χ1v) is 8.27. The maximum absolute atomic E-state index is 3.46. The number of benzene rings is 1. The molecule has 0 amide bonds. The van der Waals surface area contributed by atoms with E-state index in [1.54, 1.807) is 0 Å². The number of nitrogens with zero attached hydrogens (tertiary/aromatic N) is 1. The second kappa shape index (κ2) is 11.3. The van der Waals surface area contributed by atoms with Crippen molar-refractivity contribution in [2.45, 2.75) is 52.0 Å². The van der Waals surface area contributed by atoms with Crippen LogP contribution in [0.25, 0.3) is 0 Å². The second-order valence-electron chi connectivity index (χ2n) is 6.27. The minimum absolute atomic E-state index is 0. The Bertz CT molecular complexity index is 387. The lowest BCUT2D eigenvalue weighted by molar-refractivity contribution is 0.163. The first kappa shape index (κ1) is 21.7. The van der Waals surface area contributed by atoms with Gasteiger partial charge in [-0.2, -0.15) is 0 Å². The average molecular weight is 347 g/mol. The van der Waals surface area contributed by atoms with Gasteiger partial charge in [0.05, 0.1) is 0 Å². The van der Waals surface area contributed by atoms with E-state index < -0.39 is 0 Å². The molecule has 2 nitrogen and oxygen atoms in total. The molecule has 0 spiro atoms. The molecule has 0 bridgehead atoms. The van der Waals surface area contributed by atoms with Crippen LogP contribution in [-0.2, 0) is 0 Å². The first-order valence-electron chi connectivity index (χ1n) is 8.27. The molecule has 4 heteroatoms. The van der Waals surface area contributed by atoms with Gasteiger partial charge in [0.2, 0.25) is 0 Å². The molecular weight excluding hydrogens is 315 g/mol. The van der Waals surface area contributed by atoms with E-state index in [4.69, 9.17) is 0 Å². The van der Waals surface area contributed by atoms with E-state index in [1.165, 1.54) is 43.5 Å². The Morgan fingerprint density at radius 1 is 1.00 bits per heavy atom. The molecule has 1 aliphatic rings. The highest BCUT2D eigenvalue weighted by Crippen LogP contribution is 2.28. The van der Waals surface area contributed by atoms with Gasteiger partial charge < -0.3 is 5.32 Å². The van der Waals surface area contributed by atoms with Gasteiger partial charge in [-0.15, -0.1) is 24.8 Å². The van der Waals surface area contributed by atoms with E-state index in [0.29, 0.717) is 12.0 Å². The Balaban J connectivity index is 0.00000220. The molecule has 22 heavy (non-hydrogen) atoms. The fourth-order valence-electron chi connectivity index (χ4n) is 3.05. The van der Waals surface area contributed by atoms with Crippen molar-refractivity contribution in [3.63, 3.8) is 0 Å². The van der Waals surface area contributed by atoms with E-state index in [-0.39, 0.29) is 24.8 Å². The summed E-state index contributed by atoms with van der Waals surface area (Å²) in [4.78, 5) is 2.66. The molecule has 2 rings (SSSR count). The highest BCUT2D eigenvalue weighted by atomic mass is 35.5. The third-order valence-corrected chi connectivity index (χ3v) is 4.41. The van der Waals surface area contributed by atoms with Crippen LogP contribution in [0.4, 0.5) is 0 Å². The van der Waals surface area contributed by atoms with E-state index in [9.17, 15) is 0 Å². The van der Waals surface area contributed by atoms with E-state index in [1.807, 2.05) is 0 Å². The lowest BCUT2D eigenvalue weighted by atomic mass is 9.95.